The van der Waals surface area contributed by atoms with Crippen LogP contribution in [0.2, 0.25) is 0 Å². The van der Waals surface area contributed by atoms with Crippen molar-refractivity contribution in [2.75, 3.05) is 14.2 Å². The Bertz CT molecular complexity index is 665. The lowest BCUT2D eigenvalue weighted by Gasteiger charge is -2.18. The Kier molecular flexibility index (Phi) is 5.07. The van der Waals surface area contributed by atoms with Gasteiger partial charge < -0.3 is 14.8 Å². The standard InChI is InChI=1S/C15H18BrN3O3/c1-9(11-7-10(21-3)5-6-13(11)22-4)18-15(20)14-12(16)8-17-19(14)2/h5-9H,1-4H3,(H,18,20). The van der Waals surface area contributed by atoms with E-state index in [9.17, 15) is 4.79 Å². The summed E-state index contributed by atoms with van der Waals surface area (Å²) >= 11 is 3.33. The first-order chi connectivity index (χ1) is 10.5. The van der Waals surface area contributed by atoms with Crippen LogP contribution in [0.15, 0.2) is 28.9 Å². The zero-order chi connectivity index (χ0) is 16.3. The SMILES string of the molecule is COc1ccc(OC)c(C(C)NC(=O)c2c(Br)cnn2C)c1. The monoisotopic (exact) mass is 367 g/mol. The fraction of sp³-hybridized carbons (Fsp3) is 0.333. The van der Waals surface area contributed by atoms with Crippen LogP contribution >= 0.6 is 15.9 Å². The minimum atomic E-state index is -0.251. The van der Waals surface area contributed by atoms with Gasteiger partial charge in [-0.3, -0.25) is 9.48 Å². The summed E-state index contributed by atoms with van der Waals surface area (Å²) in [6.07, 6.45) is 1.59. The third-order valence-electron chi connectivity index (χ3n) is 3.36. The predicted octanol–water partition coefficient (Wildman–Crippen LogP) is 2.69. The molecule has 6 nitrogen and oxygen atoms in total. The Morgan fingerprint density at radius 1 is 1.36 bits per heavy atom. The Hall–Kier alpha value is -2.02. The van der Waals surface area contributed by atoms with Gasteiger partial charge in [0.1, 0.15) is 17.2 Å². The van der Waals surface area contributed by atoms with Crippen molar-refractivity contribution >= 4 is 21.8 Å². The lowest BCUT2D eigenvalue weighted by Crippen LogP contribution is -2.29. The normalized spacial score (nSPS) is 11.9. The predicted molar refractivity (Wildman–Crippen MR) is 86.3 cm³/mol. The zero-order valence-electron chi connectivity index (χ0n) is 12.9. The summed E-state index contributed by atoms with van der Waals surface area (Å²) in [4.78, 5) is 12.4. The van der Waals surface area contributed by atoms with E-state index in [4.69, 9.17) is 9.47 Å². The van der Waals surface area contributed by atoms with Crippen LogP contribution in [0.1, 0.15) is 29.0 Å². The molecule has 1 aromatic carbocycles. The molecule has 0 aliphatic heterocycles. The van der Waals surface area contributed by atoms with Crippen molar-refractivity contribution in [2.24, 2.45) is 7.05 Å². The number of rotatable bonds is 5. The van der Waals surface area contributed by atoms with E-state index < -0.39 is 0 Å². The molecule has 2 rings (SSSR count). The number of aromatic nitrogens is 2. The number of carbonyl (C=O) groups excluding carboxylic acids is 1. The van der Waals surface area contributed by atoms with Gasteiger partial charge in [-0.1, -0.05) is 0 Å². The molecular weight excluding hydrogens is 350 g/mol. The molecule has 1 heterocycles. The van der Waals surface area contributed by atoms with Crippen LogP contribution in [0.4, 0.5) is 0 Å². The number of aryl methyl sites for hydroxylation is 1. The van der Waals surface area contributed by atoms with Crippen LogP contribution in [-0.4, -0.2) is 29.9 Å². The van der Waals surface area contributed by atoms with Crippen molar-refractivity contribution in [1.29, 1.82) is 0 Å². The number of hydrogen-bond donors (Lipinski definition) is 1. The van der Waals surface area contributed by atoms with Crippen LogP contribution in [0.25, 0.3) is 0 Å². The highest BCUT2D eigenvalue weighted by atomic mass is 79.9. The third-order valence-corrected chi connectivity index (χ3v) is 3.94. The van der Waals surface area contributed by atoms with Crippen molar-refractivity contribution < 1.29 is 14.3 Å². The van der Waals surface area contributed by atoms with Crippen LogP contribution in [-0.2, 0) is 7.05 Å². The number of carbonyl (C=O) groups is 1. The summed E-state index contributed by atoms with van der Waals surface area (Å²) in [6, 6.07) is 5.23. The molecule has 1 amide bonds. The van der Waals surface area contributed by atoms with E-state index >= 15 is 0 Å². The smallest absolute Gasteiger partial charge is 0.271 e. The average Bonchev–Trinajstić information content (AvgIpc) is 2.85. The Balaban J connectivity index is 2.25. The van der Waals surface area contributed by atoms with E-state index in [1.165, 1.54) is 4.68 Å². The minimum absolute atomic E-state index is 0.218. The highest BCUT2D eigenvalue weighted by Gasteiger charge is 2.20. The fourth-order valence-electron chi connectivity index (χ4n) is 2.19. The van der Waals surface area contributed by atoms with Gasteiger partial charge in [0.25, 0.3) is 5.91 Å². The molecule has 0 aliphatic rings. The number of hydrogen-bond acceptors (Lipinski definition) is 4. The molecule has 7 heteroatoms. The molecule has 1 N–H and O–H groups in total. The quantitative estimate of drug-likeness (QED) is 0.882. The van der Waals surface area contributed by atoms with Gasteiger partial charge in [-0.15, -0.1) is 0 Å². The molecule has 2 aromatic rings. The Labute approximate surface area is 137 Å². The zero-order valence-corrected chi connectivity index (χ0v) is 14.5. The molecule has 0 saturated heterocycles. The average molecular weight is 368 g/mol. The van der Waals surface area contributed by atoms with Crippen molar-refractivity contribution in [3.8, 4) is 11.5 Å². The molecule has 0 spiro atoms. The van der Waals surface area contributed by atoms with E-state index in [1.807, 2.05) is 25.1 Å². The van der Waals surface area contributed by atoms with Gasteiger partial charge in [0.2, 0.25) is 0 Å². The lowest BCUT2D eigenvalue weighted by atomic mass is 10.1. The second-order valence-electron chi connectivity index (χ2n) is 4.77. The van der Waals surface area contributed by atoms with Crippen molar-refractivity contribution in [1.82, 2.24) is 15.1 Å². The highest BCUT2D eigenvalue weighted by molar-refractivity contribution is 9.10. The number of ether oxygens (including phenoxy) is 2. The maximum absolute atomic E-state index is 12.4. The maximum Gasteiger partial charge on any atom is 0.271 e. The van der Waals surface area contributed by atoms with Crippen LogP contribution in [0.5, 0.6) is 11.5 Å². The van der Waals surface area contributed by atoms with E-state index in [-0.39, 0.29) is 11.9 Å². The van der Waals surface area contributed by atoms with Crippen LogP contribution in [0.3, 0.4) is 0 Å². The Morgan fingerprint density at radius 3 is 2.64 bits per heavy atom. The van der Waals surface area contributed by atoms with Gasteiger partial charge in [0.05, 0.1) is 30.9 Å². The number of nitrogens with zero attached hydrogens (tertiary/aromatic N) is 2. The molecule has 0 saturated carbocycles. The number of methoxy groups -OCH3 is 2. The van der Waals surface area contributed by atoms with Crippen molar-refractivity contribution in [2.45, 2.75) is 13.0 Å². The van der Waals surface area contributed by atoms with Gasteiger partial charge in [-0.25, -0.2) is 0 Å². The topological polar surface area (TPSA) is 65.4 Å². The van der Waals surface area contributed by atoms with E-state index in [2.05, 4.69) is 26.3 Å². The second kappa shape index (κ2) is 6.83. The Morgan fingerprint density at radius 2 is 2.09 bits per heavy atom. The lowest BCUT2D eigenvalue weighted by molar-refractivity contribution is 0.0929. The van der Waals surface area contributed by atoms with Crippen LogP contribution in [0, 0.1) is 0 Å². The molecule has 0 radical (unpaired) electrons. The number of benzene rings is 1. The van der Waals surface area contributed by atoms with Gasteiger partial charge in [0.15, 0.2) is 0 Å². The van der Waals surface area contributed by atoms with Crippen LogP contribution < -0.4 is 14.8 Å². The van der Waals surface area contributed by atoms with Gasteiger partial charge in [-0.2, -0.15) is 5.10 Å². The number of amides is 1. The first-order valence-electron chi connectivity index (χ1n) is 6.68. The van der Waals surface area contributed by atoms with E-state index in [1.54, 1.807) is 27.5 Å². The first kappa shape index (κ1) is 16.4. The number of nitrogens with one attached hydrogen (secondary N) is 1. The maximum atomic E-state index is 12.4. The summed E-state index contributed by atoms with van der Waals surface area (Å²) in [6.45, 7) is 1.89. The van der Waals surface area contributed by atoms with E-state index in [0.29, 0.717) is 21.7 Å². The highest BCUT2D eigenvalue weighted by Crippen LogP contribution is 2.29. The summed E-state index contributed by atoms with van der Waals surface area (Å²) in [5.41, 5.74) is 1.31. The van der Waals surface area contributed by atoms with Gasteiger partial charge in [-0.05, 0) is 41.1 Å². The largest absolute Gasteiger partial charge is 0.497 e. The summed E-state index contributed by atoms with van der Waals surface area (Å²) in [7, 11) is 4.91. The molecule has 0 fully saturated rings. The second-order valence-corrected chi connectivity index (χ2v) is 5.62. The fourth-order valence-corrected chi connectivity index (χ4v) is 2.71. The first-order valence-corrected chi connectivity index (χ1v) is 7.47. The molecule has 1 atom stereocenters. The molecule has 0 aliphatic carbocycles. The molecule has 22 heavy (non-hydrogen) atoms. The molecule has 1 aromatic heterocycles. The molecule has 118 valence electrons. The van der Waals surface area contributed by atoms with Gasteiger partial charge >= 0.3 is 0 Å². The van der Waals surface area contributed by atoms with Crippen molar-refractivity contribution in [3.05, 3.63) is 40.1 Å². The van der Waals surface area contributed by atoms with Gasteiger partial charge in [0, 0.05) is 12.6 Å². The molecule has 1 unspecified atom stereocenters. The summed E-state index contributed by atoms with van der Waals surface area (Å²) < 4.78 is 12.8. The van der Waals surface area contributed by atoms with E-state index in [0.717, 1.165) is 5.56 Å². The summed E-state index contributed by atoms with van der Waals surface area (Å²) in [5.74, 6) is 1.18. The summed E-state index contributed by atoms with van der Waals surface area (Å²) in [5, 5.41) is 6.98. The minimum Gasteiger partial charge on any atom is -0.497 e. The third kappa shape index (κ3) is 3.24. The molecule has 0 bridgehead atoms. The molecular formula is C15H18BrN3O3. The number of halogens is 1. The van der Waals surface area contributed by atoms with Crippen molar-refractivity contribution in [3.63, 3.8) is 0 Å².